The second-order valence-corrected chi connectivity index (χ2v) is 9.44. The van der Waals surface area contributed by atoms with Gasteiger partial charge in [-0.25, -0.2) is 13.1 Å². The quantitative estimate of drug-likeness (QED) is 0.757. The number of sulfonamides is 1. The fraction of sp³-hybridized carbons (Fsp3) is 0.381. The van der Waals surface area contributed by atoms with Gasteiger partial charge in [-0.05, 0) is 43.7 Å². The Labute approximate surface area is 177 Å². The van der Waals surface area contributed by atoms with Crippen molar-refractivity contribution in [2.24, 2.45) is 0 Å². The van der Waals surface area contributed by atoms with E-state index in [2.05, 4.69) is 9.62 Å². The molecule has 1 aliphatic heterocycles. The Kier molecular flexibility index (Phi) is 6.82. The minimum absolute atomic E-state index is 0.0425. The predicted octanol–water partition coefficient (Wildman–Crippen LogP) is 2.97. The monoisotopic (exact) mass is 435 g/mol. The van der Waals surface area contributed by atoms with Gasteiger partial charge in [-0.2, -0.15) is 0 Å². The molecule has 156 valence electrons. The van der Waals surface area contributed by atoms with Crippen LogP contribution in [0.4, 0.5) is 5.69 Å². The first-order valence-corrected chi connectivity index (χ1v) is 11.5. The second kappa shape index (κ2) is 9.15. The molecule has 1 aliphatic rings. The van der Waals surface area contributed by atoms with E-state index in [-0.39, 0.29) is 23.8 Å². The molecule has 2 aromatic carbocycles. The van der Waals surface area contributed by atoms with Crippen LogP contribution in [0.1, 0.15) is 17.5 Å². The Balaban J connectivity index is 1.49. The molecule has 0 radical (unpaired) electrons. The average molecular weight is 436 g/mol. The van der Waals surface area contributed by atoms with Crippen LogP contribution in [0, 0.1) is 13.8 Å². The molecule has 0 saturated carbocycles. The van der Waals surface area contributed by atoms with Crippen molar-refractivity contribution in [2.45, 2.75) is 25.2 Å². The Bertz CT molecular complexity index is 986. The van der Waals surface area contributed by atoms with Crippen LogP contribution in [-0.2, 0) is 14.8 Å². The first-order chi connectivity index (χ1) is 13.8. The van der Waals surface area contributed by atoms with Crippen molar-refractivity contribution in [1.29, 1.82) is 0 Å². The minimum atomic E-state index is -3.62. The lowest BCUT2D eigenvalue weighted by Crippen LogP contribution is -2.49. The van der Waals surface area contributed by atoms with Crippen molar-refractivity contribution in [3.8, 4) is 0 Å². The van der Waals surface area contributed by atoms with Gasteiger partial charge in [0, 0.05) is 49.9 Å². The highest BCUT2D eigenvalue weighted by molar-refractivity contribution is 7.89. The van der Waals surface area contributed by atoms with E-state index in [1.165, 1.54) is 0 Å². The number of carbonyl (C=O) groups is 1. The van der Waals surface area contributed by atoms with Gasteiger partial charge in [0.1, 0.15) is 0 Å². The lowest BCUT2D eigenvalue weighted by Gasteiger charge is -2.36. The van der Waals surface area contributed by atoms with Crippen molar-refractivity contribution in [3.63, 3.8) is 0 Å². The number of hydrogen-bond acceptors (Lipinski definition) is 4. The molecule has 2 aromatic rings. The molecule has 0 spiro atoms. The Morgan fingerprint density at radius 2 is 1.79 bits per heavy atom. The Hall–Kier alpha value is -2.09. The van der Waals surface area contributed by atoms with Crippen molar-refractivity contribution >= 4 is 33.2 Å². The third-order valence-electron chi connectivity index (χ3n) is 5.06. The summed E-state index contributed by atoms with van der Waals surface area (Å²) < 4.78 is 27.5. The van der Waals surface area contributed by atoms with E-state index >= 15 is 0 Å². The van der Waals surface area contributed by atoms with Crippen molar-refractivity contribution in [2.75, 3.05) is 37.6 Å². The summed E-state index contributed by atoms with van der Waals surface area (Å²) in [5, 5.41) is 0.692. The number of nitrogens with one attached hydrogen (secondary N) is 1. The summed E-state index contributed by atoms with van der Waals surface area (Å²) in [6, 6.07) is 12.9. The Morgan fingerprint density at radius 1 is 1.07 bits per heavy atom. The molecule has 0 aliphatic carbocycles. The largest absolute Gasteiger partial charge is 0.368 e. The van der Waals surface area contributed by atoms with E-state index in [1.807, 2.05) is 37.3 Å². The number of hydrogen-bond donors (Lipinski definition) is 1. The highest BCUT2D eigenvalue weighted by Gasteiger charge is 2.22. The van der Waals surface area contributed by atoms with Crippen LogP contribution < -0.4 is 9.62 Å². The van der Waals surface area contributed by atoms with Gasteiger partial charge in [-0.3, -0.25) is 4.79 Å². The first kappa shape index (κ1) is 21.6. The summed E-state index contributed by atoms with van der Waals surface area (Å²) in [6.45, 7) is 6.43. The SMILES string of the molecule is Cc1ccc(S(=O)(=O)NCCC(=O)N2CCN(c3cccc(Cl)c3)CC2)c(C)c1. The first-order valence-electron chi connectivity index (χ1n) is 9.61. The van der Waals surface area contributed by atoms with Crippen LogP contribution >= 0.6 is 11.6 Å². The molecular formula is C21H26ClN3O3S. The number of carbonyl (C=O) groups excluding carboxylic acids is 1. The number of anilines is 1. The van der Waals surface area contributed by atoms with E-state index < -0.39 is 10.0 Å². The maximum Gasteiger partial charge on any atom is 0.240 e. The van der Waals surface area contributed by atoms with Gasteiger partial charge in [0.15, 0.2) is 0 Å². The fourth-order valence-electron chi connectivity index (χ4n) is 3.52. The third kappa shape index (κ3) is 5.50. The fourth-order valence-corrected chi connectivity index (χ4v) is 4.96. The molecule has 0 unspecified atom stereocenters. The summed E-state index contributed by atoms with van der Waals surface area (Å²) in [6.07, 6.45) is 0.140. The topological polar surface area (TPSA) is 69.7 Å². The maximum atomic E-state index is 12.5. The lowest BCUT2D eigenvalue weighted by atomic mass is 10.2. The third-order valence-corrected chi connectivity index (χ3v) is 6.91. The number of amides is 1. The molecule has 1 heterocycles. The van der Waals surface area contributed by atoms with Gasteiger partial charge in [-0.1, -0.05) is 35.4 Å². The van der Waals surface area contributed by atoms with Crippen LogP contribution in [-0.4, -0.2) is 51.9 Å². The molecule has 1 amide bonds. The highest BCUT2D eigenvalue weighted by Crippen LogP contribution is 2.21. The smallest absolute Gasteiger partial charge is 0.240 e. The number of aryl methyl sites for hydroxylation is 2. The predicted molar refractivity (Wildman–Crippen MR) is 116 cm³/mol. The normalized spacial score (nSPS) is 14.9. The molecule has 6 nitrogen and oxygen atoms in total. The second-order valence-electron chi connectivity index (χ2n) is 7.26. The van der Waals surface area contributed by atoms with E-state index in [0.29, 0.717) is 23.7 Å². The van der Waals surface area contributed by atoms with Gasteiger partial charge in [0.2, 0.25) is 15.9 Å². The zero-order chi connectivity index (χ0) is 21.0. The van der Waals surface area contributed by atoms with Crippen LogP contribution in [0.25, 0.3) is 0 Å². The number of nitrogens with zero attached hydrogens (tertiary/aromatic N) is 2. The van der Waals surface area contributed by atoms with E-state index in [1.54, 1.807) is 24.0 Å². The van der Waals surface area contributed by atoms with Crippen molar-refractivity contribution in [1.82, 2.24) is 9.62 Å². The molecule has 1 N–H and O–H groups in total. The molecule has 0 bridgehead atoms. The van der Waals surface area contributed by atoms with Gasteiger partial charge < -0.3 is 9.80 Å². The van der Waals surface area contributed by atoms with Crippen LogP contribution in [0.2, 0.25) is 5.02 Å². The molecule has 0 atom stereocenters. The van der Waals surface area contributed by atoms with Crippen LogP contribution in [0.15, 0.2) is 47.4 Å². The molecule has 3 rings (SSSR count). The van der Waals surface area contributed by atoms with Gasteiger partial charge >= 0.3 is 0 Å². The van der Waals surface area contributed by atoms with Crippen LogP contribution in [0.5, 0.6) is 0 Å². The summed E-state index contributed by atoms with van der Waals surface area (Å²) in [5.74, 6) is -0.0425. The van der Waals surface area contributed by atoms with Crippen molar-refractivity contribution in [3.05, 3.63) is 58.6 Å². The van der Waals surface area contributed by atoms with Gasteiger partial charge in [-0.15, -0.1) is 0 Å². The molecule has 0 aromatic heterocycles. The van der Waals surface area contributed by atoms with Gasteiger partial charge in [0.25, 0.3) is 0 Å². The standard InChI is InChI=1S/C21H26ClN3O3S/c1-16-6-7-20(17(2)14-16)29(27,28)23-9-8-21(26)25-12-10-24(11-13-25)19-5-3-4-18(22)15-19/h3-7,14-15,23H,8-13H2,1-2H3. The number of rotatable bonds is 6. The summed E-state index contributed by atoms with van der Waals surface area (Å²) in [5.41, 5.74) is 2.75. The van der Waals surface area contributed by atoms with E-state index in [4.69, 9.17) is 11.6 Å². The molecule has 1 fully saturated rings. The number of halogens is 1. The summed E-state index contributed by atoms with van der Waals surface area (Å²) >= 11 is 6.05. The molecule has 29 heavy (non-hydrogen) atoms. The summed E-state index contributed by atoms with van der Waals surface area (Å²) in [4.78, 5) is 16.7. The number of piperazine rings is 1. The Morgan fingerprint density at radius 3 is 2.45 bits per heavy atom. The molecular weight excluding hydrogens is 410 g/mol. The maximum absolute atomic E-state index is 12.5. The van der Waals surface area contributed by atoms with E-state index in [0.717, 1.165) is 24.3 Å². The van der Waals surface area contributed by atoms with E-state index in [9.17, 15) is 13.2 Å². The zero-order valence-electron chi connectivity index (χ0n) is 16.7. The molecule has 8 heteroatoms. The van der Waals surface area contributed by atoms with Crippen LogP contribution in [0.3, 0.4) is 0 Å². The summed E-state index contributed by atoms with van der Waals surface area (Å²) in [7, 11) is -3.62. The minimum Gasteiger partial charge on any atom is -0.368 e. The highest BCUT2D eigenvalue weighted by atomic mass is 35.5. The molecule has 1 saturated heterocycles. The number of benzene rings is 2. The average Bonchev–Trinajstić information content (AvgIpc) is 2.67. The van der Waals surface area contributed by atoms with Gasteiger partial charge in [0.05, 0.1) is 4.90 Å². The zero-order valence-corrected chi connectivity index (χ0v) is 18.3. The van der Waals surface area contributed by atoms with Crippen molar-refractivity contribution < 1.29 is 13.2 Å². The lowest BCUT2D eigenvalue weighted by molar-refractivity contribution is -0.131.